The van der Waals surface area contributed by atoms with E-state index in [2.05, 4.69) is 55.4 Å². The second kappa shape index (κ2) is 79.5. The van der Waals surface area contributed by atoms with Crippen LogP contribution in [-0.2, 0) is 65.4 Å². The molecule has 0 aromatic rings. The standard InChI is InChI=1S/C91H178O17P2/c1-9-83(7)69-61-53-45-37-28-24-20-16-12-14-18-22-26-30-41-49-57-65-73-90(95)107-86(77-101-88(93)71-63-55-47-39-29-25-21-17-13-11-15-19-23-27-35-43-51-59-67-81(3)4)79-105-109(97,98)103-75-85(92)76-104-110(99,100)106-80-87(78-102-89(94)72-64-56-48-40-33-31-36-44-52-60-68-82(5)6)108-91(96)74-66-58-50-42-34-32-38-46-54-62-70-84(8)10-2/h81-87,92H,9-80H2,1-8H3,(H,97,98)(H,99,100)/t83?,84?,85-,86-,87-/m1/s1. The van der Waals surface area contributed by atoms with Crippen molar-refractivity contribution >= 4 is 39.5 Å². The minimum Gasteiger partial charge on any atom is -0.462 e. The molecule has 7 atom stereocenters. The van der Waals surface area contributed by atoms with Crippen molar-refractivity contribution in [2.75, 3.05) is 39.6 Å². The Morgan fingerprint density at radius 2 is 0.436 bits per heavy atom. The van der Waals surface area contributed by atoms with Crippen molar-refractivity contribution in [1.82, 2.24) is 0 Å². The molecule has 0 fully saturated rings. The van der Waals surface area contributed by atoms with Crippen LogP contribution < -0.4 is 0 Å². The van der Waals surface area contributed by atoms with Gasteiger partial charge in [-0.1, -0.05) is 428 Å². The second-order valence-corrected chi connectivity index (χ2v) is 37.0. The zero-order valence-electron chi connectivity index (χ0n) is 72.9. The first kappa shape index (κ1) is 108. The maximum Gasteiger partial charge on any atom is 0.472 e. The molecule has 0 aliphatic heterocycles. The highest BCUT2D eigenvalue weighted by Gasteiger charge is 2.31. The molecule has 0 aliphatic carbocycles. The number of unbranched alkanes of at least 4 members (excludes halogenated alkanes) is 52. The van der Waals surface area contributed by atoms with Crippen LogP contribution in [0.3, 0.4) is 0 Å². The van der Waals surface area contributed by atoms with Crippen molar-refractivity contribution in [2.45, 2.75) is 497 Å². The third-order valence-electron chi connectivity index (χ3n) is 22.0. The summed E-state index contributed by atoms with van der Waals surface area (Å²) < 4.78 is 69.1. The highest BCUT2D eigenvalue weighted by Crippen LogP contribution is 2.45. The van der Waals surface area contributed by atoms with E-state index in [-0.39, 0.29) is 25.7 Å². The Kier molecular flexibility index (Phi) is 78.1. The lowest BCUT2D eigenvalue weighted by atomic mass is 9.99. The predicted molar refractivity (Wildman–Crippen MR) is 455 cm³/mol. The zero-order chi connectivity index (χ0) is 80.9. The fourth-order valence-electron chi connectivity index (χ4n) is 14.1. The molecule has 19 heteroatoms. The van der Waals surface area contributed by atoms with Gasteiger partial charge in [0, 0.05) is 25.7 Å². The molecule has 0 bridgehead atoms. The number of ether oxygens (including phenoxy) is 4. The quantitative estimate of drug-likeness (QED) is 0.0222. The van der Waals surface area contributed by atoms with Crippen LogP contribution in [0.25, 0.3) is 0 Å². The molecule has 0 radical (unpaired) electrons. The van der Waals surface area contributed by atoms with E-state index >= 15 is 0 Å². The van der Waals surface area contributed by atoms with Crippen molar-refractivity contribution in [3.63, 3.8) is 0 Å². The van der Waals surface area contributed by atoms with Crippen LogP contribution in [0.15, 0.2) is 0 Å². The minimum atomic E-state index is -4.97. The molecule has 4 unspecified atom stereocenters. The second-order valence-electron chi connectivity index (χ2n) is 34.1. The number of aliphatic hydroxyl groups is 1. The maximum atomic E-state index is 13.2. The average molecular weight is 1610 g/mol. The summed E-state index contributed by atoms with van der Waals surface area (Å²) in [6.07, 6.45) is 70.8. The molecule has 17 nitrogen and oxygen atoms in total. The molecule has 0 spiro atoms. The van der Waals surface area contributed by atoms with Crippen LogP contribution in [0.4, 0.5) is 0 Å². The monoisotopic (exact) mass is 1610 g/mol. The molecule has 0 heterocycles. The van der Waals surface area contributed by atoms with E-state index in [0.29, 0.717) is 25.7 Å². The molecule has 0 rings (SSSR count). The highest BCUT2D eigenvalue weighted by atomic mass is 31.2. The summed E-state index contributed by atoms with van der Waals surface area (Å²) in [4.78, 5) is 73.4. The smallest absolute Gasteiger partial charge is 0.462 e. The predicted octanol–water partition coefficient (Wildman–Crippen LogP) is 27.9. The normalized spacial score (nSPS) is 14.3. The Morgan fingerprint density at radius 3 is 0.645 bits per heavy atom. The maximum absolute atomic E-state index is 13.2. The summed E-state index contributed by atoms with van der Waals surface area (Å²) in [7, 11) is -9.94. The Morgan fingerprint density at radius 1 is 0.255 bits per heavy atom. The first-order chi connectivity index (χ1) is 53.2. The number of carbonyl (C=O) groups is 4. The van der Waals surface area contributed by atoms with Gasteiger partial charge in [0.15, 0.2) is 12.2 Å². The topological polar surface area (TPSA) is 237 Å². The zero-order valence-corrected chi connectivity index (χ0v) is 74.7. The molecular formula is C91H178O17P2. The van der Waals surface area contributed by atoms with Crippen LogP contribution in [0.5, 0.6) is 0 Å². The first-order valence-corrected chi connectivity index (χ1v) is 49.8. The van der Waals surface area contributed by atoms with Crippen LogP contribution in [0.2, 0.25) is 0 Å². The first-order valence-electron chi connectivity index (χ1n) is 46.8. The van der Waals surface area contributed by atoms with Crippen LogP contribution >= 0.6 is 15.6 Å². The number of phosphoric acid groups is 2. The number of rotatable bonds is 88. The third kappa shape index (κ3) is 81.2. The van der Waals surface area contributed by atoms with E-state index in [1.807, 2.05) is 0 Å². The van der Waals surface area contributed by atoms with Crippen LogP contribution in [-0.4, -0.2) is 96.7 Å². The van der Waals surface area contributed by atoms with Gasteiger partial charge in [-0.3, -0.25) is 37.3 Å². The number of hydrogen-bond acceptors (Lipinski definition) is 15. The van der Waals surface area contributed by atoms with Gasteiger partial charge in [-0.25, -0.2) is 9.13 Å². The Balaban J connectivity index is 5.25. The van der Waals surface area contributed by atoms with Gasteiger partial charge in [0.1, 0.15) is 19.3 Å². The fraction of sp³-hybridized carbons (Fsp3) is 0.956. The fourth-order valence-corrected chi connectivity index (χ4v) is 15.7. The minimum absolute atomic E-state index is 0.106. The summed E-state index contributed by atoms with van der Waals surface area (Å²) in [6.45, 7) is 14.4. The Labute approximate surface area is 677 Å². The molecule has 0 saturated heterocycles. The average Bonchev–Trinajstić information content (AvgIpc) is 0.898. The molecule has 3 N–H and O–H groups in total. The van der Waals surface area contributed by atoms with Crippen molar-refractivity contribution in [3.05, 3.63) is 0 Å². The van der Waals surface area contributed by atoms with Gasteiger partial charge >= 0.3 is 39.5 Å². The van der Waals surface area contributed by atoms with Crippen molar-refractivity contribution in [1.29, 1.82) is 0 Å². The van der Waals surface area contributed by atoms with E-state index in [9.17, 15) is 43.2 Å². The number of phosphoric ester groups is 2. The third-order valence-corrected chi connectivity index (χ3v) is 23.9. The lowest BCUT2D eigenvalue weighted by Crippen LogP contribution is -2.30. The van der Waals surface area contributed by atoms with Gasteiger partial charge in [-0.2, -0.15) is 0 Å². The summed E-state index contributed by atoms with van der Waals surface area (Å²) >= 11 is 0. The summed E-state index contributed by atoms with van der Waals surface area (Å²) in [6, 6.07) is 0. The summed E-state index contributed by atoms with van der Waals surface area (Å²) in [5, 5.41) is 10.7. The van der Waals surface area contributed by atoms with Gasteiger partial charge in [0.25, 0.3) is 0 Å². The van der Waals surface area contributed by atoms with Gasteiger partial charge in [0.2, 0.25) is 0 Å². The van der Waals surface area contributed by atoms with Gasteiger partial charge in [-0.15, -0.1) is 0 Å². The lowest BCUT2D eigenvalue weighted by molar-refractivity contribution is -0.161. The van der Waals surface area contributed by atoms with Gasteiger partial charge in [-0.05, 0) is 49.4 Å². The molecular weight excluding hydrogens is 1430 g/mol. The van der Waals surface area contributed by atoms with Crippen molar-refractivity contribution in [2.24, 2.45) is 23.7 Å². The molecule has 0 aromatic carbocycles. The molecule has 110 heavy (non-hydrogen) atoms. The van der Waals surface area contributed by atoms with E-state index in [1.54, 1.807) is 0 Å². The SMILES string of the molecule is CCC(C)CCCCCCCCCCCCCCCCCCCCC(=O)O[C@H](COC(=O)CCCCCCCCCCCCCCCCCCCCC(C)C)COP(=O)(O)OC[C@@H](O)COP(=O)(O)OC[C@@H](COC(=O)CCCCCCCCCCCCC(C)C)OC(=O)CCCCCCCCCCCCC(C)CC. The number of esters is 4. The number of hydrogen-bond donors (Lipinski definition) is 3. The summed E-state index contributed by atoms with van der Waals surface area (Å²) in [5.74, 6) is 1.15. The van der Waals surface area contributed by atoms with Gasteiger partial charge < -0.3 is 33.8 Å². The number of aliphatic hydroxyl groups excluding tert-OH is 1. The molecule has 0 aromatic heterocycles. The van der Waals surface area contributed by atoms with E-state index in [0.717, 1.165) is 114 Å². The molecule has 654 valence electrons. The van der Waals surface area contributed by atoms with E-state index in [1.165, 1.54) is 283 Å². The Bertz CT molecular complexity index is 2130. The molecule has 0 aliphatic rings. The molecule has 0 saturated carbocycles. The van der Waals surface area contributed by atoms with Crippen LogP contribution in [0, 0.1) is 23.7 Å². The van der Waals surface area contributed by atoms with Gasteiger partial charge in [0.05, 0.1) is 26.4 Å². The van der Waals surface area contributed by atoms with Crippen molar-refractivity contribution < 1.29 is 80.2 Å². The number of carbonyl (C=O) groups excluding carboxylic acids is 4. The Hall–Kier alpha value is -1.94. The highest BCUT2D eigenvalue weighted by molar-refractivity contribution is 7.47. The van der Waals surface area contributed by atoms with Crippen molar-refractivity contribution in [3.8, 4) is 0 Å². The van der Waals surface area contributed by atoms with E-state index in [4.69, 9.17) is 37.0 Å². The molecule has 0 amide bonds. The van der Waals surface area contributed by atoms with Crippen LogP contribution in [0.1, 0.15) is 479 Å². The largest absolute Gasteiger partial charge is 0.472 e. The summed E-state index contributed by atoms with van der Waals surface area (Å²) in [5.41, 5.74) is 0. The lowest BCUT2D eigenvalue weighted by Gasteiger charge is -2.21. The van der Waals surface area contributed by atoms with E-state index < -0.39 is 97.5 Å².